The molecular weight excluding hydrogens is 148 g/mol. The summed E-state index contributed by atoms with van der Waals surface area (Å²) in [6, 6.07) is 0.0648. The molecule has 58 valence electrons. The van der Waals surface area contributed by atoms with Crippen molar-refractivity contribution in [1.29, 1.82) is 0 Å². The number of hydrogen-bond acceptors (Lipinski definition) is 2. The fourth-order valence-corrected chi connectivity index (χ4v) is 2.28. The third-order valence-corrected chi connectivity index (χ3v) is 2.95. The van der Waals surface area contributed by atoms with E-state index in [4.69, 9.17) is 5.73 Å². The van der Waals surface area contributed by atoms with Crippen LogP contribution in [0.15, 0.2) is 0 Å². The fraction of sp³-hybridized carbons (Fsp3) is 0.833. The van der Waals surface area contributed by atoms with E-state index in [1.54, 1.807) is 11.9 Å². The first-order valence-corrected chi connectivity index (χ1v) is 4.47. The Hall–Kier alpha value is -0.380. The molecular formula is C6H12N2OS. The van der Waals surface area contributed by atoms with Gasteiger partial charge < -0.3 is 10.6 Å². The molecule has 0 aromatic rings. The van der Waals surface area contributed by atoms with Crippen molar-refractivity contribution in [3.63, 3.8) is 0 Å². The molecule has 0 unspecified atom stereocenters. The molecule has 1 atom stereocenters. The zero-order valence-electron chi connectivity index (χ0n) is 6.04. The van der Waals surface area contributed by atoms with Crippen LogP contribution in [0.3, 0.4) is 0 Å². The molecule has 2 N–H and O–H groups in total. The molecule has 1 heterocycles. The predicted octanol–water partition coefficient (Wildman–Crippen LogP) is 0.502. The van der Waals surface area contributed by atoms with Crippen LogP contribution in [0, 0.1) is 0 Å². The molecule has 0 spiro atoms. The van der Waals surface area contributed by atoms with Crippen LogP contribution in [0.2, 0.25) is 0 Å². The summed E-state index contributed by atoms with van der Waals surface area (Å²) in [6.07, 6.45) is 1.09. The highest BCUT2D eigenvalue weighted by atomic mass is 32.2. The van der Waals surface area contributed by atoms with Gasteiger partial charge in [0.15, 0.2) is 0 Å². The van der Waals surface area contributed by atoms with Gasteiger partial charge in [0, 0.05) is 18.8 Å². The number of rotatable bonds is 1. The zero-order chi connectivity index (χ0) is 7.56. The summed E-state index contributed by atoms with van der Waals surface area (Å²) >= 11 is 1.88. The predicted molar refractivity (Wildman–Crippen MR) is 43.1 cm³/mol. The van der Waals surface area contributed by atoms with Gasteiger partial charge in [0.25, 0.3) is 0 Å². The lowest BCUT2D eigenvalue weighted by Gasteiger charge is -2.20. The second-order valence-electron chi connectivity index (χ2n) is 2.47. The van der Waals surface area contributed by atoms with E-state index in [1.165, 1.54) is 0 Å². The van der Waals surface area contributed by atoms with Gasteiger partial charge in [0.2, 0.25) is 0 Å². The van der Waals surface area contributed by atoms with Crippen molar-refractivity contribution in [2.75, 3.05) is 18.6 Å². The first-order valence-electron chi connectivity index (χ1n) is 3.32. The summed E-state index contributed by atoms with van der Waals surface area (Å²) in [6.45, 7) is 0. The molecule has 1 saturated heterocycles. The topological polar surface area (TPSA) is 46.3 Å². The molecule has 0 radical (unpaired) electrons. The van der Waals surface area contributed by atoms with E-state index >= 15 is 0 Å². The van der Waals surface area contributed by atoms with Crippen LogP contribution >= 0.6 is 11.8 Å². The minimum Gasteiger partial charge on any atom is -0.351 e. The number of carbonyl (C=O) groups excluding carboxylic acids is 1. The van der Waals surface area contributed by atoms with Crippen LogP contribution in [-0.4, -0.2) is 35.5 Å². The average Bonchev–Trinajstić information content (AvgIpc) is 2.36. The largest absolute Gasteiger partial charge is 0.351 e. The van der Waals surface area contributed by atoms with Gasteiger partial charge in [-0.1, -0.05) is 0 Å². The fourth-order valence-electron chi connectivity index (χ4n) is 1.01. The first-order chi connectivity index (χ1) is 4.72. The maximum Gasteiger partial charge on any atom is 0.314 e. The lowest BCUT2D eigenvalue weighted by Crippen LogP contribution is -2.40. The number of carbonyl (C=O) groups is 1. The molecule has 4 heteroatoms. The van der Waals surface area contributed by atoms with Gasteiger partial charge >= 0.3 is 6.03 Å². The molecule has 0 aromatic carbocycles. The number of nitrogens with zero attached hydrogens (tertiary/aromatic N) is 1. The van der Waals surface area contributed by atoms with Crippen LogP contribution in [0.4, 0.5) is 4.79 Å². The number of nitrogens with two attached hydrogens (primary N) is 1. The van der Waals surface area contributed by atoms with Crippen molar-refractivity contribution >= 4 is 17.8 Å². The molecule has 0 saturated carbocycles. The van der Waals surface area contributed by atoms with Crippen LogP contribution in [0.5, 0.6) is 0 Å². The van der Waals surface area contributed by atoms with Gasteiger partial charge in [-0.25, -0.2) is 4.79 Å². The number of thioether (sulfide) groups is 1. The Balaban J connectivity index is 2.39. The van der Waals surface area contributed by atoms with Gasteiger partial charge in [-0.15, -0.1) is 0 Å². The Kier molecular flexibility index (Phi) is 2.43. The lowest BCUT2D eigenvalue weighted by molar-refractivity contribution is 0.205. The summed E-state index contributed by atoms with van der Waals surface area (Å²) in [5, 5.41) is 0. The molecule has 1 aliphatic heterocycles. The van der Waals surface area contributed by atoms with Crippen LogP contribution in [0.25, 0.3) is 0 Å². The first kappa shape index (κ1) is 7.72. The van der Waals surface area contributed by atoms with E-state index in [0.29, 0.717) is 6.04 Å². The molecule has 1 rings (SSSR count). The molecule has 1 aliphatic rings. The standard InChI is InChI=1S/C6H12N2OS/c1-8(6(7)9)5-2-3-10-4-5/h5H,2-4H2,1H3,(H2,7,9)/t5-/m1/s1. The summed E-state index contributed by atoms with van der Waals surface area (Å²) in [5.74, 6) is 2.20. The van der Waals surface area contributed by atoms with Crippen molar-refractivity contribution in [2.24, 2.45) is 5.73 Å². The van der Waals surface area contributed by atoms with E-state index < -0.39 is 0 Å². The number of amides is 2. The van der Waals surface area contributed by atoms with Crippen LogP contribution in [0.1, 0.15) is 6.42 Å². The Bertz CT molecular complexity index is 134. The Morgan fingerprint density at radius 2 is 2.50 bits per heavy atom. The Labute approximate surface area is 64.9 Å². The smallest absolute Gasteiger partial charge is 0.314 e. The third kappa shape index (κ3) is 1.56. The maximum absolute atomic E-state index is 10.6. The molecule has 2 amide bonds. The minimum absolute atomic E-state index is 0.312. The third-order valence-electron chi connectivity index (χ3n) is 1.80. The molecule has 1 fully saturated rings. The zero-order valence-corrected chi connectivity index (χ0v) is 6.86. The summed E-state index contributed by atoms with van der Waals surface area (Å²) in [7, 11) is 1.76. The second kappa shape index (κ2) is 3.14. The van der Waals surface area contributed by atoms with Gasteiger partial charge in [0.05, 0.1) is 0 Å². The highest BCUT2D eigenvalue weighted by molar-refractivity contribution is 7.99. The molecule has 3 nitrogen and oxygen atoms in total. The van der Waals surface area contributed by atoms with E-state index in [2.05, 4.69) is 0 Å². The van der Waals surface area contributed by atoms with Crippen molar-refractivity contribution < 1.29 is 4.79 Å². The molecule has 0 aliphatic carbocycles. The van der Waals surface area contributed by atoms with E-state index in [0.717, 1.165) is 17.9 Å². The van der Waals surface area contributed by atoms with Crippen LogP contribution < -0.4 is 5.73 Å². The number of hydrogen-bond donors (Lipinski definition) is 1. The highest BCUT2D eigenvalue weighted by Gasteiger charge is 2.21. The minimum atomic E-state index is -0.312. The van der Waals surface area contributed by atoms with Crippen molar-refractivity contribution in [3.05, 3.63) is 0 Å². The monoisotopic (exact) mass is 160 g/mol. The van der Waals surface area contributed by atoms with E-state index in [-0.39, 0.29) is 6.03 Å². The number of urea groups is 1. The molecule has 10 heavy (non-hydrogen) atoms. The van der Waals surface area contributed by atoms with E-state index in [1.807, 2.05) is 11.8 Å². The molecule has 0 aromatic heterocycles. The highest BCUT2D eigenvalue weighted by Crippen LogP contribution is 2.20. The van der Waals surface area contributed by atoms with Gasteiger partial charge in [0.1, 0.15) is 0 Å². The van der Waals surface area contributed by atoms with Crippen LogP contribution in [-0.2, 0) is 0 Å². The van der Waals surface area contributed by atoms with Gasteiger partial charge in [-0.05, 0) is 12.2 Å². The van der Waals surface area contributed by atoms with Crippen molar-refractivity contribution in [2.45, 2.75) is 12.5 Å². The summed E-state index contributed by atoms with van der Waals surface area (Å²) < 4.78 is 0. The Morgan fingerprint density at radius 3 is 2.90 bits per heavy atom. The quantitative estimate of drug-likeness (QED) is 0.607. The number of primary amides is 1. The van der Waals surface area contributed by atoms with E-state index in [9.17, 15) is 4.79 Å². The summed E-state index contributed by atoms with van der Waals surface area (Å²) in [4.78, 5) is 12.3. The van der Waals surface area contributed by atoms with Crippen molar-refractivity contribution in [3.8, 4) is 0 Å². The maximum atomic E-state index is 10.6. The van der Waals surface area contributed by atoms with Gasteiger partial charge in [-0.2, -0.15) is 11.8 Å². The van der Waals surface area contributed by atoms with Crippen molar-refractivity contribution in [1.82, 2.24) is 4.90 Å². The molecule has 0 bridgehead atoms. The lowest BCUT2D eigenvalue weighted by atomic mass is 10.2. The Morgan fingerprint density at radius 1 is 1.80 bits per heavy atom. The average molecular weight is 160 g/mol. The normalized spacial score (nSPS) is 24.7. The SMILES string of the molecule is CN(C(N)=O)[C@@H]1CCSC1. The van der Waals surface area contributed by atoms with Gasteiger partial charge in [-0.3, -0.25) is 0 Å². The second-order valence-corrected chi connectivity index (χ2v) is 3.62. The summed E-state index contributed by atoms with van der Waals surface area (Å²) in [5.41, 5.74) is 5.09.